The van der Waals surface area contributed by atoms with Crippen molar-refractivity contribution in [3.63, 3.8) is 0 Å². The number of benzene rings is 2. The van der Waals surface area contributed by atoms with Crippen molar-refractivity contribution in [3.05, 3.63) is 59.2 Å². The van der Waals surface area contributed by atoms with Crippen molar-refractivity contribution in [1.82, 2.24) is 9.80 Å². The molecule has 0 aliphatic carbocycles. The molecule has 0 aromatic heterocycles. The van der Waals surface area contributed by atoms with Gasteiger partial charge in [-0.1, -0.05) is 39.0 Å². The summed E-state index contributed by atoms with van der Waals surface area (Å²) in [5.41, 5.74) is 2.44. The fraction of sp³-hybridized carbons (Fsp3) is 0.462. The summed E-state index contributed by atoms with van der Waals surface area (Å²) in [6.07, 6.45) is -0.330. The van der Waals surface area contributed by atoms with Crippen molar-refractivity contribution in [3.8, 4) is 11.5 Å². The number of piperazine rings is 1. The van der Waals surface area contributed by atoms with Crippen molar-refractivity contribution in [2.45, 2.75) is 39.7 Å². The van der Waals surface area contributed by atoms with Crippen LogP contribution in [-0.2, 0) is 16.8 Å². The first kappa shape index (κ1) is 24.4. The molecule has 1 aliphatic heterocycles. The monoisotopic (exact) mass is 454 g/mol. The summed E-state index contributed by atoms with van der Waals surface area (Å²) in [7, 11) is 1.61. The van der Waals surface area contributed by atoms with Gasteiger partial charge in [-0.2, -0.15) is 0 Å². The minimum Gasteiger partial charge on any atom is -0.496 e. The number of carbonyl (C=O) groups excluding carboxylic acids is 2. The van der Waals surface area contributed by atoms with Gasteiger partial charge in [0, 0.05) is 37.3 Å². The van der Waals surface area contributed by atoms with E-state index in [0.29, 0.717) is 44.1 Å². The van der Waals surface area contributed by atoms with Gasteiger partial charge >= 0.3 is 6.09 Å². The summed E-state index contributed by atoms with van der Waals surface area (Å²) >= 11 is 0. The number of amides is 2. The first-order valence-electron chi connectivity index (χ1n) is 11.3. The van der Waals surface area contributed by atoms with Gasteiger partial charge in [-0.15, -0.1) is 0 Å². The largest absolute Gasteiger partial charge is 0.496 e. The molecule has 33 heavy (non-hydrogen) atoms. The average molecular weight is 455 g/mol. The first-order chi connectivity index (χ1) is 15.7. The van der Waals surface area contributed by atoms with E-state index in [4.69, 9.17) is 14.2 Å². The lowest BCUT2D eigenvalue weighted by Gasteiger charge is -2.34. The lowest BCUT2D eigenvalue weighted by Crippen LogP contribution is -2.50. The predicted molar refractivity (Wildman–Crippen MR) is 127 cm³/mol. The number of para-hydroxylation sites is 1. The highest BCUT2D eigenvalue weighted by molar-refractivity contribution is 5.94. The van der Waals surface area contributed by atoms with Gasteiger partial charge < -0.3 is 24.0 Å². The van der Waals surface area contributed by atoms with Gasteiger partial charge in [-0.25, -0.2) is 4.79 Å². The van der Waals surface area contributed by atoms with Gasteiger partial charge in [-0.05, 0) is 42.2 Å². The topological polar surface area (TPSA) is 68.3 Å². The molecule has 0 N–H and O–H groups in total. The lowest BCUT2D eigenvalue weighted by atomic mass is 9.86. The van der Waals surface area contributed by atoms with E-state index < -0.39 is 0 Å². The van der Waals surface area contributed by atoms with Crippen molar-refractivity contribution >= 4 is 12.0 Å². The Labute approximate surface area is 196 Å². The molecule has 2 aromatic rings. The number of methoxy groups -OCH3 is 1. The summed E-state index contributed by atoms with van der Waals surface area (Å²) in [6, 6.07) is 13.4. The highest BCUT2D eigenvalue weighted by atomic mass is 16.6. The molecule has 0 bridgehead atoms. The molecular formula is C26H34N2O5. The third kappa shape index (κ3) is 5.97. The molecule has 1 heterocycles. The van der Waals surface area contributed by atoms with Crippen LogP contribution in [0.15, 0.2) is 42.5 Å². The lowest BCUT2D eigenvalue weighted by molar-refractivity contribution is 0.0570. The van der Waals surface area contributed by atoms with Crippen LogP contribution in [0, 0.1) is 0 Å². The Bertz CT molecular complexity index is 975. The summed E-state index contributed by atoms with van der Waals surface area (Å²) in [4.78, 5) is 28.4. The molecule has 0 spiro atoms. The Morgan fingerprint density at radius 2 is 1.61 bits per heavy atom. The zero-order valence-electron chi connectivity index (χ0n) is 20.2. The molecule has 7 heteroatoms. The number of nitrogens with zero attached hydrogens (tertiary/aromatic N) is 2. The van der Waals surface area contributed by atoms with E-state index in [2.05, 4.69) is 26.8 Å². The molecule has 1 fully saturated rings. The molecule has 7 nitrogen and oxygen atoms in total. The molecule has 0 saturated carbocycles. The van der Waals surface area contributed by atoms with E-state index in [1.165, 1.54) is 0 Å². The second-order valence-electron chi connectivity index (χ2n) is 9.04. The van der Waals surface area contributed by atoms with Gasteiger partial charge in [0.25, 0.3) is 5.91 Å². The zero-order valence-corrected chi connectivity index (χ0v) is 20.2. The quantitative estimate of drug-likeness (QED) is 0.644. The maximum absolute atomic E-state index is 13.1. The van der Waals surface area contributed by atoms with E-state index >= 15 is 0 Å². The molecule has 0 unspecified atom stereocenters. The fourth-order valence-corrected chi connectivity index (χ4v) is 3.88. The van der Waals surface area contributed by atoms with Crippen LogP contribution < -0.4 is 9.47 Å². The Morgan fingerprint density at radius 1 is 0.939 bits per heavy atom. The Kier molecular flexibility index (Phi) is 7.84. The highest BCUT2D eigenvalue weighted by Crippen LogP contribution is 2.32. The van der Waals surface area contributed by atoms with Crippen LogP contribution in [0.3, 0.4) is 0 Å². The Balaban J connectivity index is 1.72. The molecular weight excluding hydrogens is 420 g/mol. The maximum Gasteiger partial charge on any atom is 0.409 e. The Morgan fingerprint density at radius 3 is 2.24 bits per heavy atom. The highest BCUT2D eigenvalue weighted by Gasteiger charge is 2.26. The minimum absolute atomic E-state index is 0.0514. The first-order valence-corrected chi connectivity index (χ1v) is 11.3. The SMILES string of the molecule is CCOC(=O)N1CCN(C(=O)c2ccc(OC)c(COc3ccccc3C(C)(C)C)c2)CC1. The summed E-state index contributed by atoms with van der Waals surface area (Å²) in [5, 5.41) is 0. The van der Waals surface area contributed by atoms with Crippen LogP contribution in [0.4, 0.5) is 4.79 Å². The third-order valence-electron chi connectivity index (χ3n) is 5.70. The van der Waals surface area contributed by atoms with Gasteiger partial charge in [0.15, 0.2) is 0 Å². The molecule has 2 aromatic carbocycles. The van der Waals surface area contributed by atoms with Crippen molar-refractivity contribution < 1.29 is 23.8 Å². The van der Waals surface area contributed by atoms with E-state index in [1.54, 1.807) is 36.0 Å². The van der Waals surface area contributed by atoms with Crippen LogP contribution in [-0.4, -0.2) is 61.7 Å². The number of hydrogen-bond acceptors (Lipinski definition) is 5. The van der Waals surface area contributed by atoms with E-state index in [0.717, 1.165) is 16.9 Å². The number of carbonyl (C=O) groups is 2. The number of ether oxygens (including phenoxy) is 3. The summed E-state index contributed by atoms with van der Waals surface area (Å²) < 4.78 is 16.7. The molecule has 1 saturated heterocycles. The molecule has 0 atom stereocenters. The van der Waals surface area contributed by atoms with Crippen LogP contribution in [0.2, 0.25) is 0 Å². The molecule has 0 radical (unpaired) electrons. The van der Waals surface area contributed by atoms with Crippen LogP contribution in [0.5, 0.6) is 11.5 Å². The van der Waals surface area contributed by atoms with Crippen molar-refractivity contribution in [2.24, 2.45) is 0 Å². The average Bonchev–Trinajstić information content (AvgIpc) is 2.82. The van der Waals surface area contributed by atoms with Crippen molar-refractivity contribution in [2.75, 3.05) is 39.9 Å². The Hall–Kier alpha value is -3.22. The van der Waals surface area contributed by atoms with Crippen LogP contribution in [0.1, 0.15) is 49.2 Å². The molecule has 1 aliphatic rings. The third-order valence-corrected chi connectivity index (χ3v) is 5.70. The van der Waals surface area contributed by atoms with Crippen molar-refractivity contribution in [1.29, 1.82) is 0 Å². The molecule has 2 amide bonds. The van der Waals surface area contributed by atoms with Gasteiger partial charge in [0.05, 0.1) is 13.7 Å². The normalized spacial score (nSPS) is 14.1. The minimum atomic E-state index is -0.330. The fourth-order valence-electron chi connectivity index (χ4n) is 3.88. The van der Waals surface area contributed by atoms with E-state index in [1.807, 2.05) is 24.3 Å². The molecule has 3 rings (SSSR count). The van der Waals surface area contributed by atoms with Crippen LogP contribution >= 0.6 is 0 Å². The second kappa shape index (κ2) is 10.6. The second-order valence-corrected chi connectivity index (χ2v) is 9.04. The maximum atomic E-state index is 13.1. The standard InChI is InChI=1S/C26H34N2O5/c1-6-32-25(30)28-15-13-27(14-16-28)24(29)19-11-12-22(31-5)20(17-19)18-33-23-10-8-7-9-21(23)26(2,3)4/h7-12,17H,6,13-16,18H2,1-5H3. The van der Waals surface area contributed by atoms with E-state index in [-0.39, 0.29) is 24.0 Å². The summed E-state index contributed by atoms with van der Waals surface area (Å²) in [6.45, 7) is 10.7. The zero-order chi connectivity index (χ0) is 24.0. The van der Waals surface area contributed by atoms with Crippen LogP contribution in [0.25, 0.3) is 0 Å². The van der Waals surface area contributed by atoms with Gasteiger partial charge in [-0.3, -0.25) is 4.79 Å². The van der Waals surface area contributed by atoms with E-state index in [9.17, 15) is 9.59 Å². The predicted octanol–water partition coefficient (Wildman–Crippen LogP) is 4.49. The molecule has 178 valence electrons. The number of rotatable bonds is 6. The van der Waals surface area contributed by atoms with Gasteiger partial charge in [0.2, 0.25) is 0 Å². The van der Waals surface area contributed by atoms with Gasteiger partial charge in [0.1, 0.15) is 18.1 Å². The summed E-state index contributed by atoms with van der Waals surface area (Å²) in [5.74, 6) is 1.42. The smallest absolute Gasteiger partial charge is 0.409 e. The number of hydrogen-bond donors (Lipinski definition) is 0.